The van der Waals surface area contributed by atoms with E-state index in [1.165, 1.54) is 5.01 Å². The monoisotopic (exact) mass is 385 g/mol. The van der Waals surface area contributed by atoms with Crippen molar-refractivity contribution in [3.8, 4) is 0 Å². The zero-order valence-electron chi connectivity index (χ0n) is 15.9. The van der Waals surface area contributed by atoms with Crippen LogP contribution in [-0.2, 0) is 17.6 Å². The second-order valence-electron chi connectivity index (χ2n) is 6.52. The van der Waals surface area contributed by atoms with Gasteiger partial charge in [-0.05, 0) is 25.0 Å². The molecule has 2 heterocycles. The third kappa shape index (κ3) is 5.29. The number of nitrogens with zero attached hydrogens (tertiary/aromatic N) is 2. The highest BCUT2D eigenvalue weighted by molar-refractivity contribution is 7.09. The topological polar surface area (TPSA) is 78.4 Å². The average Bonchev–Trinajstić information content (AvgIpc) is 3.13. The van der Waals surface area contributed by atoms with Gasteiger partial charge in [-0.15, -0.1) is 11.3 Å². The van der Waals surface area contributed by atoms with Crippen LogP contribution in [0.25, 0.3) is 0 Å². The van der Waals surface area contributed by atoms with Crippen LogP contribution in [0.4, 0.5) is 5.69 Å². The second-order valence-corrected chi connectivity index (χ2v) is 7.46. The zero-order valence-corrected chi connectivity index (χ0v) is 16.7. The smallest absolute Gasteiger partial charge is 0.225 e. The molecule has 144 valence electrons. The number of hydrogen-bond acceptors (Lipinski definition) is 4. The fraction of sp³-hybridized carbons (Fsp3) is 0.450. The lowest BCUT2D eigenvalue weighted by molar-refractivity contribution is -0.116. The first-order valence-corrected chi connectivity index (χ1v) is 10.4. The Morgan fingerprint density at radius 1 is 1.33 bits per heavy atom. The molecule has 1 amide bonds. The van der Waals surface area contributed by atoms with Crippen LogP contribution >= 0.6 is 11.3 Å². The van der Waals surface area contributed by atoms with Gasteiger partial charge in [-0.25, -0.2) is 4.98 Å². The van der Waals surface area contributed by atoms with E-state index < -0.39 is 0 Å². The van der Waals surface area contributed by atoms with Crippen LogP contribution in [0, 0.1) is 0 Å². The molecule has 1 aromatic heterocycles. The molecule has 27 heavy (non-hydrogen) atoms. The number of guanidine groups is 1. The molecule has 1 atom stereocenters. The van der Waals surface area contributed by atoms with Crippen LogP contribution in [0.5, 0.6) is 0 Å². The Hall–Kier alpha value is -2.41. The summed E-state index contributed by atoms with van der Waals surface area (Å²) in [6.07, 6.45) is 2.33. The summed E-state index contributed by atoms with van der Waals surface area (Å²) in [4.78, 5) is 21.3. The van der Waals surface area contributed by atoms with E-state index in [1.807, 2.05) is 18.2 Å². The van der Waals surface area contributed by atoms with Gasteiger partial charge < -0.3 is 16.0 Å². The molecule has 0 fully saturated rings. The summed E-state index contributed by atoms with van der Waals surface area (Å²) in [5.41, 5.74) is 3.19. The number of thiazole rings is 1. The molecule has 0 spiro atoms. The molecule has 0 radical (unpaired) electrons. The van der Waals surface area contributed by atoms with Gasteiger partial charge in [-0.1, -0.05) is 25.1 Å². The number of hydrogen-bond donors (Lipinski definition) is 3. The minimum Gasteiger partial charge on any atom is -0.357 e. The third-order valence-electron chi connectivity index (χ3n) is 4.50. The van der Waals surface area contributed by atoms with Gasteiger partial charge in [0.25, 0.3) is 0 Å². The predicted molar refractivity (Wildman–Crippen MR) is 112 cm³/mol. The Labute approximate surface area is 164 Å². The van der Waals surface area contributed by atoms with Crippen molar-refractivity contribution < 1.29 is 4.79 Å². The number of carbonyl (C=O) groups is 1. The molecule has 0 bridgehead atoms. The number of para-hydroxylation sites is 1. The molecule has 0 aliphatic carbocycles. The molecule has 1 aromatic carbocycles. The summed E-state index contributed by atoms with van der Waals surface area (Å²) in [7, 11) is 0. The quantitative estimate of drug-likeness (QED) is 0.506. The number of nitrogens with one attached hydrogen (secondary N) is 3. The number of benzene rings is 1. The number of anilines is 1. The van der Waals surface area contributed by atoms with E-state index in [9.17, 15) is 4.79 Å². The van der Waals surface area contributed by atoms with Crippen molar-refractivity contribution in [1.82, 2.24) is 15.6 Å². The highest BCUT2D eigenvalue weighted by Gasteiger charge is 2.24. The molecular weight excluding hydrogens is 358 g/mol. The molecule has 3 N–H and O–H groups in total. The maximum atomic E-state index is 12.0. The summed E-state index contributed by atoms with van der Waals surface area (Å²) in [5.74, 6) is 0.949. The fourth-order valence-corrected chi connectivity index (χ4v) is 3.92. The molecule has 1 aliphatic heterocycles. The number of fused-ring (bicyclic) bond motifs is 1. The summed E-state index contributed by atoms with van der Waals surface area (Å²) in [5, 5.41) is 12.9. The van der Waals surface area contributed by atoms with Crippen LogP contribution < -0.4 is 16.0 Å². The number of aliphatic imine (C=N–C) groups is 1. The number of aryl methyl sites for hydroxylation is 1. The van der Waals surface area contributed by atoms with Crippen molar-refractivity contribution >= 4 is 28.9 Å². The van der Waals surface area contributed by atoms with Crippen LogP contribution in [0.1, 0.15) is 42.5 Å². The molecule has 3 rings (SSSR count). The molecule has 6 nitrogen and oxygen atoms in total. The summed E-state index contributed by atoms with van der Waals surface area (Å²) >= 11 is 1.72. The van der Waals surface area contributed by atoms with E-state index in [2.05, 4.69) is 46.2 Å². The van der Waals surface area contributed by atoms with Crippen molar-refractivity contribution in [2.75, 3.05) is 25.0 Å². The van der Waals surface area contributed by atoms with Crippen molar-refractivity contribution in [2.24, 2.45) is 4.99 Å². The number of aromatic nitrogens is 1. The highest BCUT2D eigenvalue weighted by Crippen LogP contribution is 2.31. The molecule has 0 saturated heterocycles. The van der Waals surface area contributed by atoms with Crippen LogP contribution in [0.15, 0.2) is 34.6 Å². The minimum absolute atomic E-state index is 0.0575. The van der Waals surface area contributed by atoms with E-state index in [0.29, 0.717) is 13.0 Å². The van der Waals surface area contributed by atoms with Crippen LogP contribution in [0.3, 0.4) is 0 Å². The first-order valence-electron chi connectivity index (χ1n) is 9.53. The van der Waals surface area contributed by atoms with Gasteiger partial charge in [0.2, 0.25) is 5.91 Å². The summed E-state index contributed by atoms with van der Waals surface area (Å²) < 4.78 is 0. The lowest BCUT2D eigenvalue weighted by Gasteiger charge is -2.24. The maximum Gasteiger partial charge on any atom is 0.225 e. The predicted octanol–water partition coefficient (Wildman–Crippen LogP) is 2.93. The van der Waals surface area contributed by atoms with Gasteiger partial charge >= 0.3 is 0 Å². The van der Waals surface area contributed by atoms with E-state index in [0.717, 1.165) is 48.8 Å². The lowest BCUT2D eigenvalue weighted by atomic mass is 9.91. The van der Waals surface area contributed by atoms with E-state index in [1.54, 1.807) is 11.3 Å². The first-order chi connectivity index (χ1) is 13.2. The standard InChI is InChI=1S/C20H27N5OS/c1-3-19-24-15(13-27-19)9-10-22-20(21-4-2)23-12-14-11-18(26)25-17-8-6-5-7-16(14)17/h5-8,13-14H,3-4,9-12H2,1-2H3,(H,25,26)(H2,21,22,23). The number of amides is 1. The summed E-state index contributed by atoms with van der Waals surface area (Å²) in [6.45, 7) is 6.33. The molecule has 1 unspecified atom stereocenters. The first kappa shape index (κ1) is 19.4. The Morgan fingerprint density at radius 2 is 2.19 bits per heavy atom. The lowest BCUT2D eigenvalue weighted by Crippen LogP contribution is -2.39. The largest absolute Gasteiger partial charge is 0.357 e. The van der Waals surface area contributed by atoms with Crippen molar-refractivity contribution in [1.29, 1.82) is 0 Å². The Morgan fingerprint density at radius 3 is 2.96 bits per heavy atom. The Bertz CT molecular complexity index is 801. The van der Waals surface area contributed by atoms with Crippen LogP contribution in [0.2, 0.25) is 0 Å². The minimum atomic E-state index is 0.0575. The molecular formula is C20H27N5OS. The average molecular weight is 386 g/mol. The van der Waals surface area contributed by atoms with Gasteiger partial charge in [0.05, 0.1) is 17.2 Å². The van der Waals surface area contributed by atoms with Gasteiger partial charge in [0.1, 0.15) is 0 Å². The fourth-order valence-electron chi connectivity index (χ4n) is 3.14. The van der Waals surface area contributed by atoms with Crippen LogP contribution in [-0.4, -0.2) is 36.5 Å². The van der Waals surface area contributed by atoms with E-state index in [-0.39, 0.29) is 11.8 Å². The van der Waals surface area contributed by atoms with Crippen molar-refractivity contribution in [3.63, 3.8) is 0 Å². The normalized spacial score (nSPS) is 16.6. The van der Waals surface area contributed by atoms with E-state index >= 15 is 0 Å². The number of rotatable bonds is 7. The third-order valence-corrected chi connectivity index (χ3v) is 5.54. The molecule has 2 aromatic rings. The molecule has 1 aliphatic rings. The number of carbonyl (C=O) groups excluding carboxylic acids is 1. The van der Waals surface area contributed by atoms with Gasteiger partial charge in [0.15, 0.2) is 5.96 Å². The SMILES string of the molecule is CCNC(=NCC1CC(=O)Nc2ccccc21)NCCc1csc(CC)n1. The molecule has 7 heteroatoms. The second kappa shape index (κ2) is 9.50. The Balaban J connectivity index is 1.59. The van der Waals surface area contributed by atoms with Crippen molar-refractivity contribution in [2.45, 2.75) is 39.0 Å². The summed E-state index contributed by atoms with van der Waals surface area (Å²) in [6, 6.07) is 7.97. The Kier molecular flexibility index (Phi) is 6.81. The molecule has 0 saturated carbocycles. The maximum absolute atomic E-state index is 12.0. The van der Waals surface area contributed by atoms with Gasteiger partial charge in [-0.2, -0.15) is 0 Å². The van der Waals surface area contributed by atoms with E-state index in [4.69, 9.17) is 4.99 Å². The zero-order chi connectivity index (χ0) is 19.1. The van der Waals surface area contributed by atoms with Crippen molar-refractivity contribution in [3.05, 3.63) is 45.9 Å². The highest BCUT2D eigenvalue weighted by atomic mass is 32.1. The van der Waals surface area contributed by atoms with Gasteiger partial charge in [0, 0.05) is 42.9 Å². The van der Waals surface area contributed by atoms with Gasteiger partial charge in [-0.3, -0.25) is 9.79 Å².